The van der Waals surface area contributed by atoms with Gasteiger partial charge in [-0.2, -0.15) is 0 Å². The molecule has 0 aromatic carbocycles. The average Bonchev–Trinajstić information content (AvgIpc) is 2.08. The summed E-state index contributed by atoms with van der Waals surface area (Å²) in [5.41, 5.74) is 0. The Balaban J connectivity index is 0. The summed E-state index contributed by atoms with van der Waals surface area (Å²) in [5.74, 6) is 0. The minimum absolute atomic E-state index is 0. The molecule has 0 aliphatic carbocycles. The Kier molecular flexibility index (Phi) is 14.1. The SMILES string of the molecule is CCCCCCCCC(C)OP(=O)([O-])[O-].[Ca+2]. The van der Waals surface area contributed by atoms with Gasteiger partial charge in [-0.15, -0.1) is 0 Å². The summed E-state index contributed by atoms with van der Waals surface area (Å²) in [6, 6.07) is 0. The molecule has 0 aromatic heterocycles. The van der Waals surface area contributed by atoms with Gasteiger partial charge in [-0.1, -0.05) is 45.4 Å². The zero-order chi connectivity index (χ0) is 11.7. The second-order valence-corrected chi connectivity index (χ2v) is 5.02. The first kappa shape index (κ1) is 19.7. The van der Waals surface area contributed by atoms with E-state index in [9.17, 15) is 14.4 Å². The van der Waals surface area contributed by atoms with Gasteiger partial charge in [-0.05, 0) is 13.3 Å². The van der Waals surface area contributed by atoms with Gasteiger partial charge in [0.25, 0.3) is 0 Å². The topological polar surface area (TPSA) is 72.4 Å². The van der Waals surface area contributed by atoms with E-state index in [0.29, 0.717) is 6.42 Å². The van der Waals surface area contributed by atoms with E-state index in [1.807, 2.05) is 0 Å². The van der Waals surface area contributed by atoms with Gasteiger partial charge in [-0.25, -0.2) is 0 Å². The van der Waals surface area contributed by atoms with Crippen molar-refractivity contribution in [2.75, 3.05) is 0 Å². The normalized spacial score (nSPS) is 13.2. The van der Waals surface area contributed by atoms with Crippen LogP contribution in [0.2, 0.25) is 0 Å². The van der Waals surface area contributed by atoms with Crippen molar-refractivity contribution >= 4 is 45.6 Å². The summed E-state index contributed by atoms with van der Waals surface area (Å²) in [6.45, 7) is 3.78. The van der Waals surface area contributed by atoms with Crippen molar-refractivity contribution in [2.24, 2.45) is 0 Å². The fraction of sp³-hybridized carbons (Fsp3) is 1.00. The number of hydrogen-bond donors (Lipinski definition) is 0. The van der Waals surface area contributed by atoms with E-state index in [1.165, 1.54) is 25.7 Å². The molecule has 0 N–H and O–H groups in total. The molecule has 0 bridgehead atoms. The Bertz CT molecular complexity index is 195. The molecule has 1 unspecified atom stereocenters. The predicted octanol–water partition coefficient (Wildman–Crippen LogP) is 1.59. The molecule has 6 heteroatoms. The number of hydrogen-bond acceptors (Lipinski definition) is 4. The molecular formula is C10H21CaO4P. The maximum atomic E-state index is 10.3. The first-order chi connectivity index (χ1) is 6.95. The van der Waals surface area contributed by atoms with Crippen LogP contribution in [0.15, 0.2) is 0 Å². The van der Waals surface area contributed by atoms with Gasteiger partial charge in [0.05, 0.1) is 13.9 Å². The summed E-state index contributed by atoms with van der Waals surface area (Å²) < 4.78 is 14.6. The Morgan fingerprint density at radius 2 is 1.62 bits per heavy atom. The predicted molar refractivity (Wildman–Crippen MR) is 61.9 cm³/mol. The molecule has 0 aliphatic rings. The number of phosphoric acid groups is 1. The van der Waals surface area contributed by atoms with Crippen LogP contribution in [0.25, 0.3) is 0 Å². The Labute approximate surface area is 128 Å². The molecule has 1 atom stereocenters. The number of rotatable bonds is 9. The van der Waals surface area contributed by atoms with Crippen LogP contribution >= 0.6 is 7.82 Å². The van der Waals surface area contributed by atoms with Crippen molar-refractivity contribution < 1.29 is 18.9 Å². The minimum atomic E-state index is -4.79. The van der Waals surface area contributed by atoms with E-state index in [0.717, 1.165) is 12.8 Å². The third-order valence-electron chi connectivity index (χ3n) is 2.27. The smallest absolute Gasteiger partial charge is 0.790 e. The van der Waals surface area contributed by atoms with Crippen LogP contribution in [0, 0.1) is 0 Å². The largest absolute Gasteiger partial charge is 2.00 e. The quantitative estimate of drug-likeness (QED) is 0.364. The summed E-state index contributed by atoms with van der Waals surface area (Å²) in [7, 11) is -4.79. The standard InChI is InChI=1S/C10H23O4P.Ca/c1-3-4-5-6-7-8-9-10(2)14-15(11,12)13;/h10H,3-9H2,1-2H3,(H2,11,12,13);/q;+2/p-2. The molecule has 0 rings (SSSR count). The van der Waals surface area contributed by atoms with Gasteiger partial charge < -0.3 is 18.9 Å². The molecule has 0 saturated heterocycles. The summed E-state index contributed by atoms with van der Waals surface area (Å²) in [5, 5.41) is 0. The maximum Gasteiger partial charge on any atom is 2.00 e. The van der Waals surface area contributed by atoms with E-state index in [-0.39, 0.29) is 37.7 Å². The van der Waals surface area contributed by atoms with Crippen molar-refractivity contribution in [3.63, 3.8) is 0 Å². The van der Waals surface area contributed by atoms with Crippen LogP contribution in [0.1, 0.15) is 58.8 Å². The third-order valence-corrected chi connectivity index (χ3v) is 2.89. The van der Waals surface area contributed by atoms with Gasteiger partial charge in [0, 0.05) is 0 Å². The molecule has 16 heavy (non-hydrogen) atoms. The molecule has 0 spiro atoms. The van der Waals surface area contributed by atoms with Gasteiger partial charge in [0.1, 0.15) is 0 Å². The fourth-order valence-corrected chi connectivity index (χ4v) is 2.03. The Hall–Kier alpha value is 1.37. The Morgan fingerprint density at radius 3 is 2.12 bits per heavy atom. The zero-order valence-corrected chi connectivity index (χ0v) is 13.4. The summed E-state index contributed by atoms with van der Waals surface area (Å²) in [6.07, 6.45) is 7.04. The first-order valence-corrected chi connectivity index (χ1v) is 7.12. The van der Waals surface area contributed by atoms with Crippen LogP contribution in [0.5, 0.6) is 0 Å². The van der Waals surface area contributed by atoms with E-state index in [2.05, 4.69) is 11.4 Å². The molecule has 0 aliphatic heterocycles. The monoisotopic (exact) mass is 276 g/mol. The van der Waals surface area contributed by atoms with Crippen LogP contribution in [0.3, 0.4) is 0 Å². The van der Waals surface area contributed by atoms with Gasteiger partial charge in [0.2, 0.25) is 0 Å². The molecule has 0 heterocycles. The Morgan fingerprint density at radius 1 is 1.12 bits per heavy atom. The van der Waals surface area contributed by atoms with E-state index in [4.69, 9.17) is 0 Å². The maximum absolute atomic E-state index is 10.3. The average molecular weight is 276 g/mol. The number of phosphoric ester groups is 1. The van der Waals surface area contributed by atoms with Crippen molar-refractivity contribution in [3.8, 4) is 0 Å². The van der Waals surface area contributed by atoms with Crippen molar-refractivity contribution in [1.29, 1.82) is 0 Å². The second kappa shape index (κ2) is 11.5. The van der Waals surface area contributed by atoms with Crippen LogP contribution in [-0.2, 0) is 9.09 Å². The van der Waals surface area contributed by atoms with Crippen molar-refractivity contribution in [3.05, 3.63) is 0 Å². The first-order valence-electron chi connectivity index (χ1n) is 5.66. The molecule has 0 radical (unpaired) electrons. The van der Waals surface area contributed by atoms with Crippen LogP contribution in [-0.4, -0.2) is 43.8 Å². The molecule has 0 amide bonds. The van der Waals surface area contributed by atoms with Gasteiger partial charge in [-0.3, -0.25) is 0 Å². The van der Waals surface area contributed by atoms with Crippen molar-refractivity contribution in [1.82, 2.24) is 0 Å². The van der Waals surface area contributed by atoms with Gasteiger partial charge >= 0.3 is 37.7 Å². The molecule has 4 nitrogen and oxygen atoms in total. The second-order valence-electron chi connectivity index (χ2n) is 3.92. The van der Waals surface area contributed by atoms with E-state index < -0.39 is 13.9 Å². The van der Waals surface area contributed by atoms with Gasteiger partial charge in [0.15, 0.2) is 0 Å². The van der Waals surface area contributed by atoms with E-state index in [1.54, 1.807) is 6.92 Å². The molecule has 0 aromatic rings. The third kappa shape index (κ3) is 15.4. The minimum Gasteiger partial charge on any atom is -0.790 e. The molecule has 0 saturated carbocycles. The van der Waals surface area contributed by atoms with Crippen LogP contribution < -0.4 is 9.79 Å². The zero-order valence-electron chi connectivity index (χ0n) is 10.3. The molecule has 0 fully saturated rings. The van der Waals surface area contributed by atoms with Crippen LogP contribution in [0.4, 0.5) is 0 Å². The van der Waals surface area contributed by atoms with E-state index >= 15 is 0 Å². The molecular weight excluding hydrogens is 255 g/mol. The number of unbranched alkanes of at least 4 members (excludes halogenated alkanes) is 5. The summed E-state index contributed by atoms with van der Waals surface area (Å²) in [4.78, 5) is 20.5. The summed E-state index contributed by atoms with van der Waals surface area (Å²) >= 11 is 0. The van der Waals surface area contributed by atoms with Crippen molar-refractivity contribution in [2.45, 2.75) is 64.9 Å². The fourth-order valence-electron chi connectivity index (χ4n) is 1.49. The molecule has 92 valence electrons.